The number of halogens is 2. The monoisotopic (exact) mass is 270 g/mol. The molecule has 1 aliphatic heterocycles. The van der Waals surface area contributed by atoms with Crippen molar-refractivity contribution in [3.05, 3.63) is 34.1 Å². The van der Waals surface area contributed by atoms with E-state index in [0.29, 0.717) is 17.1 Å². The molecule has 0 radical (unpaired) electrons. The van der Waals surface area contributed by atoms with Crippen LogP contribution >= 0.6 is 11.6 Å². The maximum atomic E-state index is 13.5. The Hall–Kier alpha value is -1.13. The van der Waals surface area contributed by atoms with Gasteiger partial charge in [0.1, 0.15) is 5.82 Å². The Labute approximate surface area is 111 Å². The Bertz CT molecular complexity index is 478. The quantitative estimate of drug-likeness (QED) is 0.849. The zero-order valence-corrected chi connectivity index (χ0v) is 11.2. The summed E-state index contributed by atoms with van der Waals surface area (Å²) in [6.07, 6.45) is 0. The number of benzene rings is 1. The Morgan fingerprint density at radius 2 is 2.28 bits per heavy atom. The van der Waals surface area contributed by atoms with Crippen LogP contribution in [0.1, 0.15) is 22.8 Å². The lowest BCUT2D eigenvalue weighted by molar-refractivity contribution is 0.0655. The highest BCUT2D eigenvalue weighted by atomic mass is 35.5. The van der Waals surface area contributed by atoms with Gasteiger partial charge in [-0.15, -0.1) is 0 Å². The molecule has 1 aliphatic rings. The number of nitrogens with one attached hydrogen (secondary N) is 1. The summed E-state index contributed by atoms with van der Waals surface area (Å²) >= 11 is 6.03. The summed E-state index contributed by atoms with van der Waals surface area (Å²) in [5.41, 5.74) is 0.693. The highest BCUT2D eigenvalue weighted by Gasteiger charge is 2.26. The molecule has 0 aliphatic carbocycles. The van der Waals surface area contributed by atoms with Gasteiger partial charge in [-0.2, -0.15) is 0 Å². The minimum Gasteiger partial charge on any atom is -0.333 e. The van der Waals surface area contributed by atoms with Crippen LogP contribution < -0.4 is 5.32 Å². The van der Waals surface area contributed by atoms with E-state index in [1.165, 1.54) is 12.1 Å². The maximum Gasteiger partial charge on any atom is 0.255 e. The maximum absolute atomic E-state index is 13.5. The number of amides is 1. The van der Waals surface area contributed by atoms with Crippen LogP contribution in [0.5, 0.6) is 0 Å². The van der Waals surface area contributed by atoms with Gasteiger partial charge in [0, 0.05) is 25.7 Å². The normalized spacial score (nSPS) is 20.0. The SMILES string of the molecule is Cc1cc(Cl)c(C(=O)N2CCNCC2C)cc1F. The Morgan fingerprint density at radius 3 is 2.94 bits per heavy atom. The Kier molecular flexibility index (Phi) is 3.88. The standard InChI is InChI=1S/C13H16ClFN2O/c1-8-5-11(14)10(6-12(8)15)13(18)17-4-3-16-7-9(17)2/h5-6,9,16H,3-4,7H2,1-2H3. The molecule has 0 saturated carbocycles. The van der Waals surface area contributed by atoms with Crippen molar-refractivity contribution in [2.75, 3.05) is 19.6 Å². The number of carbonyl (C=O) groups is 1. The highest BCUT2D eigenvalue weighted by Crippen LogP contribution is 2.23. The van der Waals surface area contributed by atoms with Crippen molar-refractivity contribution in [1.29, 1.82) is 0 Å². The third kappa shape index (κ3) is 2.49. The van der Waals surface area contributed by atoms with E-state index in [9.17, 15) is 9.18 Å². The minimum atomic E-state index is -0.398. The van der Waals surface area contributed by atoms with Crippen LogP contribution in [0, 0.1) is 12.7 Å². The third-order valence-corrected chi connectivity index (χ3v) is 3.55. The minimum absolute atomic E-state index is 0.0895. The van der Waals surface area contributed by atoms with Crippen LogP contribution in [0.3, 0.4) is 0 Å². The summed E-state index contributed by atoms with van der Waals surface area (Å²) in [7, 11) is 0. The number of carbonyl (C=O) groups excluding carboxylic acids is 1. The molecule has 98 valence electrons. The van der Waals surface area contributed by atoms with Crippen LogP contribution in [0.25, 0.3) is 0 Å². The second-order valence-electron chi connectivity index (χ2n) is 4.63. The van der Waals surface area contributed by atoms with E-state index in [1.54, 1.807) is 11.8 Å². The average molecular weight is 271 g/mol. The second kappa shape index (κ2) is 5.24. The second-order valence-corrected chi connectivity index (χ2v) is 5.04. The van der Waals surface area contributed by atoms with Gasteiger partial charge in [0.2, 0.25) is 0 Å². The fourth-order valence-electron chi connectivity index (χ4n) is 2.11. The first-order valence-corrected chi connectivity index (χ1v) is 6.36. The van der Waals surface area contributed by atoms with E-state index in [2.05, 4.69) is 5.32 Å². The van der Waals surface area contributed by atoms with Crippen LogP contribution in [-0.2, 0) is 0 Å². The van der Waals surface area contributed by atoms with Gasteiger partial charge >= 0.3 is 0 Å². The van der Waals surface area contributed by atoms with Crippen molar-refractivity contribution >= 4 is 17.5 Å². The highest BCUT2D eigenvalue weighted by molar-refractivity contribution is 6.33. The Balaban J connectivity index is 2.30. The number of hydrogen-bond donors (Lipinski definition) is 1. The summed E-state index contributed by atoms with van der Waals surface area (Å²) in [5, 5.41) is 3.51. The first-order valence-electron chi connectivity index (χ1n) is 5.98. The van der Waals surface area contributed by atoms with E-state index in [1.807, 2.05) is 6.92 Å². The van der Waals surface area contributed by atoms with Crippen LogP contribution in [0.4, 0.5) is 4.39 Å². The van der Waals surface area contributed by atoms with E-state index in [4.69, 9.17) is 11.6 Å². The largest absolute Gasteiger partial charge is 0.333 e. The van der Waals surface area contributed by atoms with Gasteiger partial charge in [0.05, 0.1) is 10.6 Å². The number of nitrogens with zero attached hydrogens (tertiary/aromatic N) is 1. The fourth-order valence-corrected chi connectivity index (χ4v) is 2.41. The Morgan fingerprint density at radius 1 is 1.56 bits per heavy atom. The topological polar surface area (TPSA) is 32.3 Å². The molecular weight excluding hydrogens is 255 g/mol. The van der Waals surface area contributed by atoms with Gasteiger partial charge in [0.25, 0.3) is 5.91 Å². The van der Waals surface area contributed by atoms with Crippen molar-refractivity contribution in [2.45, 2.75) is 19.9 Å². The van der Waals surface area contributed by atoms with Crippen molar-refractivity contribution in [2.24, 2.45) is 0 Å². The lowest BCUT2D eigenvalue weighted by Gasteiger charge is -2.34. The van der Waals surface area contributed by atoms with Gasteiger partial charge in [-0.05, 0) is 31.5 Å². The molecule has 3 nitrogen and oxygen atoms in total. The molecule has 1 unspecified atom stereocenters. The molecule has 18 heavy (non-hydrogen) atoms. The predicted octanol–water partition coefficient (Wildman–Crippen LogP) is 2.22. The first-order chi connectivity index (χ1) is 8.50. The van der Waals surface area contributed by atoms with Crippen molar-refractivity contribution in [3.63, 3.8) is 0 Å². The number of hydrogen-bond acceptors (Lipinski definition) is 2. The average Bonchev–Trinajstić information content (AvgIpc) is 2.33. The lowest BCUT2D eigenvalue weighted by Crippen LogP contribution is -2.52. The van der Waals surface area contributed by atoms with Gasteiger partial charge in [-0.1, -0.05) is 11.6 Å². The molecule has 0 aromatic heterocycles. The van der Waals surface area contributed by atoms with E-state index in [0.717, 1.165) is 13.1 Å². The molecule has 5 heteroatoms. The van der Waals surface area contributed by atoms with Crippen LogP contribution in [0.2, 0.25) is 5.02 Å². The summed E-state index contributed by atoms with van der Waals surface area (Å²) in [4.78, 5) is 14.1. The van der Waals surface area contributed by atoms with E-state index < -0.39 is 5.82 Å². The lowest BCUT2D eigenvalue weighted by atomic mass is 10.1. The van der Waals surface area contributed by atoms with E-state index >= 15 is 0 Å². The molecule has 1 saturated heterocycles. The molecule has 1 heterocycles. The fraction of sp³-hybridized carbons (Fsp3) is 0.462. The molecule has 1 aromatic carbocycles. The molecular formula is C13H16ClFN2O. The summed E-state index contributed by atoms with van der Waals surface area (Å²) < 4.78 is 13.5. The molecule has 1 aromatic rings. The van der Waals surface area contributed by atoms with Crippen molar-refractivity contribution in [3.8, 4) is 0 Å². The van der Waals surface area contributed by atoms with Gasteiger partial charge in [0.15, 0.2) is 0 Å². The summed E-state index contributed by atoms with van der Waals surface area (Å²) in [6.45, 7) is 5.71. The number of piperazine rings is 1. The van der Waals surface area contributed by atoms with Crippen molar-refractivity contribution < 1.29 is 9.18 Å². The molecule has 2 rings (SSSR count). The van der Waals surface area contributed by atoms with Crippen molar-refractivity contribution in [1.82, 2.24) is 10.2 Å². The smallest absolute Gasteiger partial charge is 0.255 e. The number of aryl methyl sites for hydroxylation is 1. The van der Waals surface area contributed by atoms with Gasteiger partial charge in [-0.25, -0.2) is 4.39 Å². The number of rotatable bonds is 1. The summed E-state index contributed by atoms with van der Waals surface area (Å²) in [6, 6.07) is 2.82. The van der Waals surface area contributed by atoms with Crippen LogP contribution in [0.15, 0.2) is 12.1 Å². The van der Waals surface area contributed by atoms with Gasteiger partial charge in [-0.3, -0.25) is 4.79 Å². The molecule has 0 bridgehead atoms. The van der Waals surface area contributed by atoms with Gasteiger partial charge < -0.3 is 10.2 Å². The zero-order chi connectivity index (χ0) is 13.3. The predicted molar refractivity (Wildman–Crippen MR) is 69.5 cm³/mol. The zero-order valence-electron chi connectivity index (χ0n) is 10.5. The van der Waals surface area contributed by atoms with E-state index in [-0.39, 0.29) is 17.5 Å². The van der Waals surface area contributed by atoms with Crippen LogP contribution in [-0.4, -0.2) is 36.5 Å². The molecule has 1 atom stereocenters. The molecule has 1 fully saturated rings. The third-order valence-electron chi connectivity index (χ3n) is 3.24. The summed E-state index contributed by atoms with van der Waals surface area (Å²) in [5.74, 6) is -0.599. The first kappa shape index (κ1) is 13.3. The molecule has 1 N–H and O–H groups in total. The molecule has 0 spiro atoms. The molecule has 1 amide bonds.